The van der Waals surface area contributed by atoms with Gasteiger partial charge in [0.25, 0.3) is 0 Å². The number of aromatic nitrogens is 2. The van der Waals surface area contributed by atoms with E-state index in [4.69, 9.17) is 0 Å². The van der Waals surface area contributed by atoms with Crippen molar-refractivity contribution in [3.05, 3.63) is 77.6 Å². The van der Waals surface area contributed by atoms with Crippen molar-refractivity contribution in [1.29, 1.82) is 0 Å². The molecule has 5 rings (SSSR count). The number of fused-ring (bicyclic) bond motifs is 1. The van der Waals surface area contributed by atoms with Crippen molar-refractivity contribution in [2.75, 3.05) is 25.4 Å². The Balaban J connectivity index is 1.05. The first-order valence-electron chi connectivity index (χ1n) is 12.3. The highest BCUT2D eigenvalue weighted by atomic mass is 32.2. The second-order valence-electron chi connectivity index (χ2n) is 9.41. The van der Waals surface area contributed by atoms with Gasteiger partial charge in [0.1, 0.15) is 0 Å². The molecule has 0 spiro atoms. The maximum atomic E-state index is 12.4. The Kier molecular flexibility index (Phi) is 7.56. The highest BCUT2D eigenvalue weighted by Gasteiger charge is 2.21. The van der Waals surface area contributed by atoms with Crippen LogP contribution in [0, 0.1) is 5.92 Å². The van der Waals surface area contributed by atoms with E-state index in [1.165, 1.54) is 49.4 Å². The topological polar surface area (TPSA) is 58.1 Å². The van der Waals surface area contributed by atoms with Crippen LogP contribution in [0.1, 0.15) is 36.0 Å². The lowest BCUT2D eigenvalue weighted by atomic mass is 9.97. The molecule has 1 N–H and O–H groups in total. The number of amides is 1. The summed E-state index contributed by atoms with van der Waals surface area (Å²) in [6, 6.07) is 17.1. The van der Waals surface area contributed by atoms with Gasteiger partial charge in [-0.3, -0.25) is 9.69 Å². The van der Waals surface area contributed by atoms with Crippen molar-refractivity contribution < 1.29 is 4.79 Å². The number of likely N-dealkylation sites (tertiary alicyclic amines) is 1. The van der Waals surface area contributed by atoms with Crippen molar-refractivity contribution in [1.82, 2.24) is 20.2 Å². The van der Waals surface area contributed by atoms with Crippen molar-refractivity contribution in [2.45, 2.75) is 43.8 Å². The lowest BCUT2D eigenvalue weighted by molar-refractivity contribution is -0.118. The van der Waals surface area contributed by atoms with E-state index in [-0.39, 0.29) is 5.91 Å². The van der Waals surface area contributed by atoms with Crippen LogP contribution in [0.4, 0.5) is 0 Å². The van der Waals surface area contributed by atoms with Gasteiger partial charge in [0.2, 0.25) is 5.91 Å². The highest BCUT2D eigenvalue weighted by Crippen LogP contribution is 2.25. The molecule has 2 aliphatic rings. The molecule has 1 atom stereocenters. The van der Waals surface area contributed by atoms with Crippen LogP contribution in [-0.4, -0.2) is 46.2 Å². The average Bonchev–Trinajstić information content (AvgIpc) is 3.35. The Hall–Kier alpha value is -2.70. The van der Waals surface area contributed by atoms with E-state index in [1.54, 1.807) is 11.1 Å². The summed E-state index contributed by atoms with van der Waals surface area (Å²) in [5, 5.41) is 3.77. The first-order valence-corrected chi connectivity index (χ1v) is 13.3. The van der Waals surface area contributed by atoms with E-state index in [0.29, 0.717) is 16.8 Å². The number of piperidine rings is 1. The van der Waals surface area contributed by atoms with E-state index in [2.05, 4.69) is 38.4 Å². The quantitative estimate of drug-likeness (QED) is 0.379. The largest absolute Gasteiger partial charge is 0.355 e. The molecule has 5 nitrogen and oxygen atoms in total. The Morgan fingerprint density at radius 3 is 2.68 bits per heavy atom. The summed E-state index contributed by atoms with van der Waals surface area (Å²) in [7, 11) is 0. The molecule has 34 heavy (non-hydrogen) atoms. The molecular formula is C28H32N4OS. The Labute approximate surface area is 206 Å². The number of thioether (sulfide) groups is 1. The minimum Gasteiger partial charge on any atom is -0.355 e. The Bertz CT molecular complexity index is 1100. The molecule has 1 unspecified atom stereocenters. The summed E-state index contributed by atoms with van der Waals surface area (Å²) < 4.78 is 0. The number of aryl methyl sites for hydroxylation is 2. The second-order valence-corrected chi connectivity index (χ2v) is 10.4. The summed E-state index contributed by atoms with van der Waals surface area (Å²) in [4.78, 5) is 23.8. The molecule has 0 radical (unpaired) electrons. The number of nitrogens with one attached hydrogen (secondary N) is 1. The fraction of sp³-hybridized carbons (Fsp3) is 0.393. The van der Waals surface area contributed by atoms with Crippen LogP contribution in [0.5, 0.6) is 0 Å². The van der Waals surface area contributed by atoms with Gasteiger partial charge in [0, 0.05) is 37.6 Å². The molecule has 2 aromatic carbocycles. The van der Waals surface area contributed by atoms with E-state index >= 15 is 0 Å². The smallest absolute Gasteiger partial charge is 0.230 e. The highest BCUT2D eigenvalue weighted by molar-refractivity contribution is 7.99. The van der Waals surface area contributed by atoms with E-state index in [0.717, 1.165) is 37.3 Å². The molecule has 2 heterocycles. The van der Waals surface area contributed by atoms with Gasteiger partial charge in [0.15, 0.2) is 5.16 Å². The van der Waals surface area contributed by atoms with E-state index < -0.39 is 0 Å². The van der Waals surface area contributed by atoms with E-state index in [1.807, 2.05) is 42.7 Å². The van der Waals surface area contributed by atoms with Crippen LogP contribution in [0.25, 0.3) is 11.1 Å². The molecule has 0 bridgehead atoms. The van der Waals surface area contributed by atoms with Gasteiger partial charge >= 0.3 is 0 Å². The molecule has 3 aromatic rings. The minimum absolute atomic E-state index is 0.0523. The maximum absolute atomic E-state index is 12.4. The first kappa shape index (κ1) is 23.1. The second kappa shape index (κ2) is 11.2. The summed E-state index contributed by atoms with van der Waals surface area (Å²) in [5.41, 5.74) is 6.60. The SMILES string of the molecule is O=C(CSc1ncc(-c2ccccc2)cn1)NCC1CCCN(Cc2ccc3c(c2)CCC3)C1. The Morgan fingerprint density at radius 2 is 1.82 bits per heavy atom. The van der Waals surface area contributed by atoms with Gasteiger partial charge in [-0.1, -0.05) is 60.3 Å². The molecule has 1 fully saturated rings. The number of benzene rings is 2. The van der Waals surface area contributed by atoms with Gasteiger partial charge in [-0.05, 0) is 66.8 Å². The van der Waals surface area contributed by atoms with Crippen LogP contribution in [0.2, 0.25) is 0 Å². The summed E-state index contributed by atoms with van der Waals surface area (Å²) in [6.45, 7) is 3.96. The van der Waals surface area contributed by atoms with Crippen molar-refractivity contribution >= 4 is 17.7 Å². The number of rotatable bonds is 8. The zero-order chi connectivity index (χ0) is 23.2. The van der Waals surface area contributed by atoms with Gasteiger partial charge in [-0.2, -0.15) is 0 Å². The monoisotopic (exact) mass is 472 g/mol. The number of nitrogens with zero attached hydrogens (tertiary/aromatic N) is 3. The molecule has 1 saturated heterocycles. The number of hydrogen-bond acceptors (Lipinski definition) is 5. The normalized spacial score (nSPS) is 17.9. The maximum Gasteiger partial charge on any atom is 0.230 e. The predicted molar refractivity (Wildman–Crippen MR) is 138 cm³/mol. The van der Waals surface area contributed by atoms with Gasteiger partial charge < -0.3 is 5.32 Å². The first-order chi connectivity index (χ1) is 16.7. The van der Waals surface area contributed by atoms with Crippen LogP contribution >= 0.6 is 11.8 Å². The predicted octanol–water partition coefficient (Wildman–Crippen LogP) is 4.75. The molecule has 1 amide bonds. The molecule has 1 aliphatic heterocycles. The third-order valence-electron chi connectivity index (χ3n) is 6.83. The zero-order valence-corrected chi connectivity index (χ0v) is 20.4. The van der Waals surface area contributed by atoms with Crippen molar-refractivity contribution in [3.63, 3.8) is 0 Å². The fourth-order valence-corrected chi connectivity index (χ4v) is 5.67. The molecule has 0 saturated carbocycles. The number of hydrogen-bond donors (Lipinski definition) is 1. The molecule has 6 heteroatoms. The molecule has 1 aliphatic carbocycles. The third kappa shape index (κ3) is 6.05. The van der Waals surface area contributed by atoms with E-state index in [9.17, 15) is 4.79 Å². The van der Waals surface area contributed by atoms with Crippen LogP contribution in [0.15, 0.2) is 66.1 Å². The molecule has 176 valence electrons. The Morgan fingerprint density at radius 1 is 1.00 bits per heavy atom. The van der Waals surface area contributed by atoms with Gasteiger partial charge in [0.05, 0.1) is 5.75 Å². The summed E-state index contributed by atoms with van der Waals surface area (Å²) in [6.07, 6.45) is 9.79. The van der Waals surface area contributed by atoms with Gasteiger partial charge in [-0.15, -0.1) is 0 Å². The average molecular weight is 473 g/mol. The lowest BCUT2D eigenvalue weighted by Crippen LogP contribution is -2.41. The lowest BCUT2D eigenvalue weighted by Gasteiger charge is -2.33. The fourth-order valence-electron chi connectivity index (χ4n) is 5.05. The third-order valence-corrected chi connectivity index (χ3v) is 7.70. The zero-order valence-electron chi connectivity index (χ0n) is 19.6. The molecular weight excluding hydrogens is 440 g/mol. The van der Waals surface area contributed by atoms with Crippen molar-refractivity contribution in [2.24, 2.45) is 5.92 Å². The summed E-state index contributed by atoms with van der Waals surface area (Å²) >= 11 is 1.39. The molecule has 1 aromatic heterocycles. The van der Waals surface area contributed by atoms with Crippen molar-refractivity contribution in [3.8, 4) is 11.1 Å². The van der Waals surface area contributed by atoms with Crippen LogP contribution in [0.3, 0.4) is 0 Å². The van der Waals surface area contributed by atoms with Gasteiger partial charge in [-0.25, -0.2) is 9.97 Å². The number of carbonyl (C=O) groups excluding carboxylic acids is 1. The standard InChI is InChI=1S/C28H32N4OS/c33-27(20-34-28-30-16-26(17-31-28)23-7-2-1-3-8-23)29-15-22-6-5-13-32(19-22)18-21-11-12-24-9-4-10-25(24)14-21/h1-3,7-8,11-12,14,16-17,22H,4-6,9-10,13,15,18-20H2,(H,29,33). The minimum atomic E-state index is 0.0523. The summed E-state index contributed by atoms with van der Waals surface area (Å²) in [5.74, 6) is 0.908. The number of carbonyl (C=O) groups is 1. The van der Waals surface area contributed by atoms with Crippen LogP contribution in [-0.2, 0) is 24.2 Å². The van der Waals surface area contributed by atoms with Crippen LogP contribution < -0.4 is 5.32 Å².